The molecule has 0 aliphatic rings. The molecular weight excluding hydrogens is 268 g/mol. The molecule has 0 saturated carbocycles. The van der Waals surface area contributed by atoms with Gasteiger partial charge in [0.25, 0.3) is 0 Å². The van der Waals surface area contributed by atoms with Crippen molar-refractivity contribution in [3.05, 3.63) is 17.5 Å². The molecule has 0 saturated heterocycles. The van der Waals surface area contributed by atoms with Crippen LogP contribution in [0.15, 0.2) is 6.20 Å². The van der Waals surface area contributed by atoms with Gasteiger partial charge in [0, 0.05) is 32.0 Å². The summed E-state index contributed by atoms with van der Waals surface area (Å²) < 4.78 is 5.18. The molecular formula is C15H26N4O2. The number of nitrogens with one attached hydrogen (secondary N) is 1. The van der Waals surface area contributed by atoms with E-state index < -0.39 is 11.7 Å². The average molecular weight is 294 g/mol. The van der Waals surface area contributed by atoms with Crippen LogP contribution in [0.5, 0.6) is 0 Å². The Morgan fingerprint density at radius 2 is 2.10 bits per heavy atom. The largest absolute Gasteiger partial charge is 0.444 e. The Labute approximate surface area is 126 Å². The first-order valence-electron chi connectivity index (χ1n) is 7.23. The van der Waals surface area contributed by atoms with Crippen molar-refractivity contribution in [2.45, 2.75) is 46.6 Å². The minimum atomic E-state index is -0.480. The zero-order chi connectivity index (χ0) is 16.0. The molecule has 0 aliphatic carbocycles. The second-order valence-corrected chi connectivity index (χ2v) is 6.00. The first kappa shape index (κ1) is 17.2. The number of aromatic nitrogens is 2. The molecule has 6 nitrogen and oxygen atoms in total. The van der Waals surface area contributed by atoms with Crippen molar-refractivity contribution < 1.29 is 9.53 Å². The fourth-order valence-electron chi connectivity index (χ4n) is 1.75. The van der Waals surface area contributed by atoms with Crippen LogP contribution < -0.4 is 10.2 Å². The van der Waals surface area contributed by atoms with Crippen LogP contribution in [0.2, 0.25) is 0 Å². The number of likely N-dealkylation sites (N-methyl/N-ethyl adjacent to an activating group) is 1. The first-order chi connectivity index (χ1) is 9.73. The van der Waals surface area contributed by atoms with Crippen LogP contribution in [0, 0.1) is 6.92 Å². The Kier molecular flexibility index (Phi) is 5.93. The number of nitrogens with zero attached hydrogens (tertiary/aromatic N) is 3. The lowest BCUT2D eigenvalue weighted by atomic mass is 10.2. The number of amides is 1. The number of hydrogen-bond acceptors (Lipinski definition) is 5. The van der Waals surface area contributed by atoms with Gasteiger partial charge in [-0.3, -0.25) is 0 Å². The molecule has 1 aromatic rings. The van der Waals surface area contributed by atoms with Gasteiger partial charge in [-0.25, -0.2) is 14.8 Å². The molecule has 0 spiro atoms. The molecule has 1 amide bonds. The third kappa shape index (κ3) is 5.97. The molecule has 6 heteroatoms. The van der Waals surface area contributed by atoms with E-state index in [-0.39, 0.29) is 0 Å². The number of rotatable bonds is 5. The normalized spacial score (nSPS) is 11.1. The van der Waals surface area contributed by atoms with Crippen molar-refractivity contribution in [2.24, 2.45) is 0 Å². The number of aryl methyl sites for hydroxylation is 2. The van der Waals surface area contributed by atoms with Gasteiger partial charge in [0.05, 0.1) is 0 Å². The van der Waals surface area contributed by atoms with Crippen LogP contribution in [0.4, 0.5) is 10.7 Å². The topological polar surface area (TPSA) is 67.4 Å². The lowest BCUT2D eigenvalue weighted by Crippen LogP contribution is -2.37. The molecule has 1 aromatic heterocycles. The van der Waals surface area contributed by atoms with E-state index in [9.17, 15) is 4.79 Å². The lowest BCUT2D eigenvalue weighted by Gasteiger charge is -2.21. The fraction of sp³-hybridized carbons (Fsp3) is 0.667. The molecule has 0 fully saturated rings. The minimum absolute atomic E-state index is 0.407. The van der Waals surface area contributed by atoms with Crippen molar-refractivity contribution in [1.82, 2.24) is 15.3 Å². The van der Waals surface area contributed by atoms with E-state index in [4.69, 9.17) is 4.74 Å². The number of ether oxygens (including phenoxy) is 1. The molecule has 118 valence electrons. The Morgan fingerprint density at radius 1 is 1.43 bits per heavy atom. The molecule has 1 heterocycles. The highest BCUT2D eigenvalue weighted by Crippen LogP contribution is 2.10. The number of carbonyl (C=O) groups is 1. The number of anilines is 1. The van der Waals surface area contributed by atoms with Gasteiger partial charge in [-0.1, -0.05) is 6.92 Å². The summed E-state index contributed by atoms with van der Waals surface area (Å²) >= 11 is 0. The van der Waals surface area contributed by atoms with Gasteiger partial charge >= 0.3 is 6.09 Å². The van der Waals surface area contributed by atoms with E-state index in [0.717, 1.165) is 17.7 Å². The molecule has 0 aliphatic heterocycles. The van der Waals surface area contributed by atoms with Crippen LogP contribution in [0.3, 0.4) is 0 Å². The SMILES string of the molecule is CCc1nc(N(C)CCNC(=O)OC(C)(C)C)ncc1C. The van der Waals surface area contributed by atoms with E-state index in [1.807, 2.05) is 45.8 Å². The summed E-state index contributed by atoms with van der Waals surface area (Å²) in [6.45, 7) is 10.7. The molecule has 0 atom stereocenters. The fourth-order valence-corrected chi connectivity index (χ4v) is 1.75. The Bertz CT molecular complexity index is 483. The monoisotopic (exact) mass is 294 g/mol. The van der Waals surface area contributed by atoms with Crippen LogP contribution in [0.25, 0.3) is 0 Å². The Morgan fingerprint density at radius 3 is 2.67 bits per heavy atom. The molecule has 0 unspecified atom stereocenters. The molecule has 0 aromatic carbocycles. The van der Waals surface area contributed by atoms with Gasteiger partial charge in [-0.05, 0) is 39.7 Å². The Balaban J connectivity index is 2.47. The third-order valence-corrected chi connectivity index (χ3v) is 2.86. The standard InChI is InChI=1S/C15H26N4O2/c1-7-12-11(2)10-17-13(18-12)19(6)9-8-16-14(20)21-15(3,4)5/h10H,7-9H2,1-6H3,(H,16,20). The second kappa shape index (κ2) is 7.24. The number of hydrogen-bond donors (Lipinski definition) is 1. The van der Waals surface area contributed by atoms with E-state index >= 15 is 0 Å². The van der Waals surface area contributed by atoms with Gasteiger partial charge < -0.3 is 15.0 Å². The van der Waals surface area contributed by atoms with E-state index in [0.29, 0.717) is 19.0 Å². The lowest BCUT2D eigenvalue weighted by molar-refractivity contribution is 0.0529. The maximum atomic E-state index is 11.5. The van der Waals surface area contributed by atoms with Crippen LogP contribution in [0.1, 0.15) is 39.0 Å². The Hall–Kier alpha value is -1.85. The molecule has 21 heavy (non-hydrogen) atoms. The van der Waals surface area contributed by atoms with Gasteiger partial charge in [0.15, 0.2) is 0 Å². The van der Waals surface area contributed by atoms with Crippen molar-refractivity contribution in [3.63, 3.8) is 0 Å². The van der Waals surface area contributed by atoms with Gasteiger partial charge in [0.2, 0.25) is 5.95 Å². The van der Waals surface area contributed by atoms with E-state index in [1.54, 1.807) is 0 Å². The number of carbonyl (C=O) groups excluding carboxylic acids is 1. The summed E-state index contributed by atoms with van der Waals surface area (Å²) in [6.07, 6.45) is 2.31. The van der Waals surface area contributed by atoms with Gasteiger partial charge in [-0.2, -0.15) is 0 Å². The van der Waals surface area contributed by atoms with Crippen molar-refractivity contribution in [2.75, 3.05) is 25.0 Å². The zero-order valence-corrected chi connectivity index (χ0v) is 13.9. The third-order valence-electron chi connectivity index (χ3n) is 2.86. The van der Waals surface area contributed by atoms with Crippen molar-refractivity contribution in [3.8, 4) is 0 Å². The quantitative estimate of drug-likeness (QED) is 0.902. The summed E-state index contributed by atoms with van der Waals surface area (Å²) in [6, 6.07) is 0. The molecule has 0 radical (unpaired) electrons. The summed E-state index contributed by atoms with van der Waals surface area (Å²) in [5.41, 5.74) is 1.67. The summed E-state index contributed by atoms with van der Waals surface area (Å²) in [5, 5.41) is 2.72. The maximum Gasteiger partial charge on any atom is 0.407 e. The minimum Gasteiger partial charge on any atom is -0.444 e. The smallest absolute Gasteiger partial charge is 0.407 e. The maximum absolute atomic E-state index is 11.5. The van der Waals surface area contributed by atoms with E-state index in [1.165, 1.54) is 0 Å². The molecule has 1 N–H and O–H groups in total. The molecule has 1 rings (SSSR count). The van der Waals surface area contributed by atoms with Crippen molar-refractivity contribution in [1.29, 1.82) is 0 Å². The van der Waals surface area contributed by atoms with Crippen LogP contribution >= 0.6 is 0 Å². The summed E-state index contributed by atoms with van der Waals surface area (Å²) in [5.74, 6) is 0.670. The molecule has 0 bridgehead atoms. The zero-order valence-electron chi connectivity index (χ0n) is 13.9. The highest BCUT2D eigenvalue weighted by Gasteiger charge is 2.15. The predicted molar refractivity (Wildman–Crippen MR) is 83.7 cm³/mol. The number of alkyl carbamates (subject to hydrolysis) is 1. The van der Waals surface area contributed by atoms with Gasteiger partial charge in [0.1, 0.15) is 5.60 Å². The highest BCUT2D eigenvalue weighted by atomic mass is 16.6. The van der Waals surface area contributed by atoms with Gasteiger partial charge in [-0.15, -0.1) is 0 Å². The predicted octanol–water partition coefficient (Wildman–Crippen LogP) is 2.31. The first-order valence-corrected chi connectivity index (χ1v) is 7.23. The summed E-state index contributed by atoms with van der Waals surface area (Å²) in [4.78, 5) is 22.3. The average Bonchev–Trinajstić information content (AvgIpc) is 2.37. The van der Waals surface area contributed by atoms with Crippen LogP contribution in [-0.2, 0) is 11.2 Å². The second-order valence-electron chi connectivity index (χ2n) is 6.00. The highest BCUT2D eigenvalue weighted by molar-refractivity contribution is 5.67. The van der Waals surface area contributed by atoms with Crippen LogP contribution in [-0.4, -0.2) is 41.8 Å². The summed E-state index contributed by atoms with van der Waals surface area (Å²) in [7, 11) is 1.90. The van der Waals surface area contributed by atoms with Crippen molar-refractivity contribution >= 4 is 12.0 Å². The van der Waals surface area contributed by atoms with E-state index in [2.05, 4.69) is 22.2 Å².